The fourth-order valence-electron chi connectivity index (χ4n) is 5.66. The lowest BCUT2D eigenvalue weighted by atomic mass is 9.81. The topological polar surface area (TPSA) is 116 Å². The highest BCUT2D eigenvalue weighted by atomic mass is 16.4. The van der Waals surface area contributed by atoms with Crippen molar-refractivity contribution in [1.29, 1.82) is 0 Å². The number of hydrogen-bond donors (Lipinski definition) is 3. The Balaban J connectivity index is 1.47. The molecule has 0 radical (unpaired) electrons. The van der Waals surface area contributed by atoms with Crippen molar-refractivity contribution in [3.63, 3.8) is 0 Å². The molecule has 0 aromatic heterocycles. The first-order chi connectivity index (χ1) is 16.0. The summed E-state index contributed by atoms with van der Waals surface area (Å²) >= 11 is 0. The smallest absolute Gasteiger partial charge is 0.335 e. The number of carboxylic acid groups (broad SMARTS) is 1. The first kappa shape index (κ1) is 23.7. The van der Waals surface area contributed by atoms with Gasteiger partial charge in [-0.15, -0.1) is 0 Å². The number of anilines is 1. The van der Waals surface area contributed by atoms with E-state index in [1.807, 2.05) is 4.90 Å². The van der Waals surface area contributed by atoms with Crippen LogP contribution in [-0.2, 0) is 9.59 Å². The van der Waals surface area contributed by atoms with Gasteiger partial charge in [0.15, 0.2) is 0 Å². The Morgan fingerprint density at radius 1 is 1.00 bits per heavy atom. The van der Waals surface area contributed by atoms with Crippen LogP contribution in [0.2, 0.25) is 0 Å². The van der Waals surface area contributed by atoms with Crippen LogP contribution in [0.4, 0.5) is 5.69 Å². The van der Waals surface area contributed by atoms with E-state index in [0.717, 1.165) is 38.8 Å². The van der Waals surface area contributed by atoms with Gasteiger partial charge in [-0.25, -0.2) is 4.79 Å². The van der Waals surface area contributed by atoms with Crippen LogP contribution in [0, 0.1) is 11.8 Å². The van der Waals surface area contributed by atoms with Gasteiger partial charge in [-0.1, -0.05) is 6.42 Å². The van der Waals surface area contributed by atoms with E-state index in [1.165, 1.54) is 31.4 Å². The number of carboxylic acids is 1. The largest absolute Gasteiger partial charge is 0.478 e. The molecular weight excluding hydrogens is 420 g/mol. The summed E-state index contributed by atoms with van der Waals surface area (Å²) in [6, 6.07) is 5.84. The lowest BCUT2D eigenvalue weighted by Gasteiger charge is -2.33. The summed E-state index contributed by atoms with van der Waals surface area (Å²) in [4.78, 5) is 42.2. The van der Waals surface area contributed by atoms with Crippen molar-refractivity contribution in [2.75, 3.05) is 31.5 Å². The van der Waals surface area contributed by atoms with E-state index >= 15 is 0 Å². The first-order valence-corrected chi connectivity index (χ1v) is 12.3. The molecule has 4 N–H and O–H groups in total. The van der Waals surface area contributed by atoms with Crippen LogP contribution >= 0.6 is 0 Å². The average molecular weight is 457 g/mol. The summed E-state index contributed by atoms with van der Waals surface area (Å²) < 4.78 is 0. The molecule has 2 atom stereocenters. The van der Waals surface area contributed by atoms with Crippen LogP contribution in [0.5, 0.6) is 0 Å². The quantitative estimate of drug-likeness (QED) is 0.606. The molecule has 0 spiro atoms. The monoisotopic (exact) mass is 456 g/mol. The Morgan fingerprint density at radius 2 is 1.67 bits per heavy atom. The second kappa shape index (κ2) is 10.7. The van der Waals surface area contributed by atoms with Crippen LogP contribution < -0.4 is 11.1 Å². The van der Waals surface area contributed by atoms with E-state index in [2.05, 4.69) is 10.2 Å². The number of carbonyl (C=O) groups excluding carboxylic acids is 2. The number of nitrogens with one attached hydrogen (secondary N) is 1. The van der Waals surface area contributed by atoms with Crippen molar-refractivity contribution in [2.24, 2.45) is 17.6 Å². The first-order valence-electron chi connectivity index (χ1n) is 12.3. The standard InChI is InChI=1S/C25H36N4O4/c26-15-17-4-6-18(7-5-17)24(31)29-16-21(28-12-2-1-3-13-28)14-22(29)23(30)27-20-10-8-19(9-11-20)25(32)33/h8-11,17-18,21-22H,1-7,12-16,26H2,(H,27,30)(H,32,33)/t17-,18-,21-,22-/m0/s1. The Hall–Kier alpha value is -2.45. The van der Waals surface area contributed by atoms with E-state index in [-0.39, 0.29) is 29.3 Å². The van der Waals surface area contributed by atoms with Gasteiger partial charge >= 0.3 is 5.97 Å². The number of benzene rings is 1. The molecule has 3 aliphatic rings. The highest BCUT2D eigenvalue weighted by Gasteiger charge is 2.44. The molecule has 33 heavy (non-hydrogen) atoms. The Bertz CT molecular complexity index is 844. The van der Waals surface area contributed by atoms with Crippen molar-refractivity contribution in [2.45, 2.75) is 63.5 Å². The molecule has 4 rings (SSSR count). The number of rotatable bonds is 6. The molecule has 1 saturated carbocycles. The highest BCUT2D eigenvalue weighted by molar-refractivity contribution is 5.98. The summed E-state index contributed by atoms with van der Waals surface area (Å²) in [5, 5.41) is 12.0. The molecule has 2 saturated heterocycles. The number of nitrogens with two attached hydrogens (primary N) is 1. The summed E-state index contributed by atoms with van der Waals surface area (Å²) in [7, 11) is 0. The van der Waals surface area contributed by atoms with Gasteiger partial charge < -0.3 is 21.1 Å². The number of likely N-dealkylation sites (tertiary alicyclic amines) is 2. The second-order valence-corrected chi connectivity index (χ2v) is 9.82. The van der Waals surface area contributed by atoms with Crippen molar-refractivity contribution >= 4 is 23.5 Å². The fraction of sp³-hybridized carbons (Fsp3) is 0.640. The van der Waals surface area contributed by atoms with E-state index in [4.69, 9.17) is 10.8 Å². The third-order valence-corrected chi connectivity index (χ3v) is 7.70. The highest BCUT2D eigenvalue weighted by Crippen LogP contribution is 2.33. The zero-order valence-electron chi connectivity index (χ0n) is 19.2. The molecule has 0 unspecified atom stereocenters. The van der Waals surface area contributed by atoms with E-state index in [1.54, 1.807) is 12.1 Å². The van der Waals surface area contributed by atoms with Gasteiger partial charge in [0.2, 0.25) is 11.8 Å². The maximum atomic E-state index is 13.5. The van der Waals surface area contributed by atoms with Crippen LogP contribution in [0.25, 0.3) is 0 Å². The van der Waals surface area contributed by atoms with Crippen LogP contribution in [0.15, 0.2) is 24.3 Å². The molecule has 1 aliphatic carbocycles. The van der Waals surface area contributed by atoms with Gasteiger partial charge in [-0.05, 0) is 94.8 Å². The van der Waals surface area contributed by atoms with Crippen molar-refractivity contribution in [3.05, 3.63) is 29.8 Å². The van der Waals surface area contributed by atoms with E-state index < -0.39 is 12.0 Å². The van der Waals surface area contributed by atoms with Crippen molar-refractivity contribution in [3.8, 4) is 0 Å². The van der Waals surface area contributed by atoms with Gasteiger partial charge in [0.25, 0.3) is 0 Å². The summed E-state index contributed by atoms with van der Waals surface area (Å²) in [6.45, 7) is 3.33. The Kier molecular flexibility index (Phi) is 7.65. The normalized spacial score (nSPS) is 28.5. The predicted octanol–water partition coefficient (Wildman–Crippen LogP) is 2.54. The fourth-order valence-corrected chi connectivity index (χ4v) is 5.66. The Morgan fingerprint density at radius 3 is 2.27 bits per heavy atom. The van der Waals surface area contributed by atoms with Gasteiger partial charge in [-0.3, -0.25) is 14.5 Å². The molecular formula is C25H36N4O4. The van der Waals surface area contributed by atoms with Crippen molar-refractivity contribution < 1.29 is 19.5 Å². The molecule has 0 bridgehead atoms. The molecule has 2 heterocycles. The zero-order valence-corrected chi connectivity index (χ0v) is 19.2. The molecule has 180 valence electrons. The summed E-state index contributed by atoms with van der Waals surface area (Å²) in [6.07, 6.45) is 7.86. The number of nitrogens with zero attached hydrogens (tertiary/aromatic N) is 2. The minimum atomic E-state index is -1.01. The number of carbonyl (C=O) groups is 3. The SMILES string of the molecule is NC[C@H]1CC[C@H](C(=O)N2C[C@@H](N3CCCCC3)C[C@H]2C(=O)Nc2ccc(C(=O)O)cc2)CC1. The van der Waals surface area contributed by atoms with Gasteiger partial charge in [0, 0.05) is 24.2 Å². The zero-order chi connectivity index (χ0) is 23.4. The predicted molar refractivity (Wildman–Crippen MR) is 126 cm³/mol. The Labute approximate surface area is 195 Å². The molecule has 8 heteroatoms. The molecule has 8 nitrogen and oxygen atoms in total. The van der Waals surface area contributed by atoms with Gasteiger partial charge in [0.05, 0.1) is 5.56 Å². The van der Waals surface area contributed by atoms with Crippen LogP contribution in [0.1, 0.15) is 61.7 Å². The molecule has 3 fully saturated rings. The van der Waals surface area contributed by atoms with E-state index in [9.17, 15) is 14.4 Å². The number of piperidine rings is 1. The summed E-state index contributed by atoms with van der Waals surface area (Å²) in [5.74, 6) is -0.623. The molecule has 2 amide bonds. The second-order valence-electron chi connectivity index (χ2n) is 9.82. The third-order valence-electron chi connectivity index (χ3n) is 7.70. The third kappa shape index (κ3) is 5.55. The van der Waals surface area contributed by atoms with Gasteiger partial charge in [-0.2, -0.15) is 0 Å². The van der Waals surface area contributed by atoms with Gasteiger partial charge in [0.1, 0.15) is 6.04 Å². The van der Waals surface area contributed by atoms with Crippen LogP contribution in [0.3, 0.4) is 0 Å². The lowest BCUT2D eigenvalue weighted by Crippen LogP contribution is -2.47. The van der Waals surface area contributed by atoms with Crippen molar-refractivity contribution in [1.82, 2.24) is 9.80 Å². The minimum Gasteiger partial charge on any atom is -0.478 e. The maximum Gasteiger partial charge on any atom is 0.335 e. The number of aromatic carboxylic acids is 1. The molecule has 1 aromatic carbocycles. The molecule has 1 aromatic rings. The molecule has 2 aliphatic heterocycles. The number of hydrogen-bond acceptors (Lipinski definition) is 5. The maximum absolute atomic E-state index is 13.5. The summed E-state index contributed by atoms with van der Waals surface area (Å²) in [5.41, 5.74) is 6.54. The van der Waals surface area contributed by atoms with E-state index in [0.29, 0.717) is 31.1 Å². The van der Waals surface area contributed by atoms with Crippen LogP contribution in [-0.4, -0.2) is 71.0 Å². The minimum absolute atomic E-state index is 0.0296. The number of amides is 2. The lowest BCUT2D eigenvalue weighted by molar-refractivity contribution is -0.141. The average Bonchev–Trinajstić information content (AvgIpc) is 3.30.